The molecule has 45 heavy (non-hydrogen) atoms. The highest BCUT2D eigenvalue weighted by atomic mass is 32.3. The number of anilines is 1. The zero-order valence-corrected chi connectivity index (χ0v) is 25.8. The van der Waals surface area contributed by atoms with Crippen molar-refractivity contribution in [3.8, 4) is 0 Å². The number of carbonyl (C=O) groups is 1. The van der Waals surface area contributed by atoms with Crippen molar-refractivity contribution in [2.24, 2.45) is 4.99 Å². The number of halogens is 6. The Labute approximate surface area is 256 Å². The average molecular weight is 691 g/mol. The standard InChI is InChI=1S/C24H31N3O3.C2F6NO4S2/c1-3-4-5-6-7-8-11-22-12-9-10-15-27(22)16-17-30-24(29)26-21-14-13-20(2)23(18-21)25-19-28;3-1(4,5)14(10,11)9-15(12,13)2(6,7)8/h9-10,12-15,18H,3-8,11,16-17H2,1-2H3;/q;-1/p+1. The summed E-state index contributed by atoms with van der Waals surface area (Å²) in [5, 5.41) is 2.67. The minimum atomic E-state index is -6.72. The summed E-state index contributed by atoms with van der Waals surface area (Å²) in [5.74, 6) is 0. The van der Waals surface area contributed by atoms with Gasteiger partial charge in [0.2, 0.25) is 6.08 Å². The zero-order chi connectivity index (χ0) is 34.3. The fraction of sp³-hybridized carbons (Fsp3) is 0.500. The number of ether oxygens (including phenoxy) is 1. The van der Waals surface area contributed by atoms with Crippen molar-refractivity contribution in [1.82, 2.24) is 0 Å². The first kappa shape index (κ1) is 39.5. The van der Waals surface area contributed by atoms with Crippen LogP contribution in [0.15, 0.2) is 47.6 Å². The van der Waals surface area contributed by atoms with E-state index in [9.17, 15) is 52.8 Å². The largest absolute Gasteiger partial charge is 0.480 e. The number of aryl methyl sites for hydroxylation is 2. The number of aromatic nitrogens is 1. The average Bonchev–Trinajstić information content (AvgIpc) is 2.92. The van der Waals surface area contributed by atoms with Crippen LogP contribution in [0.3, 0.4) is 0 Å². The SMILES string of the molecule is CCCCCCCCc1cccc[n+]1CCOC(=O)Nc1ccc(C)c(N=C=O)c1.O=S(=O)([N-]S(=O)(=O)C(F)(F)F)C(F)(F)F. The Hall–Kier alpha value is -3.54. The second kappa shape index (κ2) is 17.8. The van der Waals surface area contributed by atoms with Crippen molar-refractivity contribution in [2.45, 2.75) is 76.4 Å². The van der Waals surface area contributed by atoms with Crippen LogP contribution in [0.25, 0.3) is 4.13 Å². The normalized spacial score (nSPS) is 12.0. The van der Waals surface area contributed by atoms with E-state index in [2.05, 4.69) is 27.9 Å². The van der Waals surface area contributed by atoms with Crippen LogP contribution in [-0.4, -0.2) is 46.6 Å². The van der Waals surface area contributed by atoms with Crippen LogP contribution >= 0.6 is 0 Å². The molecule has 0 aliphatic heterocycles. The molecule has 2 aromatic rings. The van der Waals surface area contributed by atoms with Crippen LogP contribution in [0.2, 0.25) is 0 Å². The number of sulfonamides is 2. The Kier molecular flexibility index (Phi) is 15.6. The Balaban J connectivity index is 0.000000570. The van der Waals surface area contributed by atoms with E-state index in [0.717, 1.165) is 16.1 Å². The van der Waals surface area contributed by atoms with E-state index in [1.165, 1.54) is 50.3 Å². The molecule has 0 aliphatic carbocycles. The molecule has 0 saturated carbocycles. The third kappa shape index (κ3) is 14.0. The number of nitrogens with zero attached hydrogens (tertiary/aromatic N) is 3. The smallest absolute Gasteiger partial charge is 0.443 e. The van der Waals surface area contributed by atoms with Crippen molar-refractivity contribution < 1.29 is 62.1 Å². The summed E-state index contributed by atoms with van der Waals surface area (Å²) < 4.78 is 117. The van der Waals surface area contributed by atoms with Crippen molar-refractivity contribution in [3.63, 3.8) is 0 Å². The van der Waals surface area contributed by atoms with E-state index >= 15 is 0 Å². The van der Waals surface area contributed by atoms with Crippen LogP contribution in [0.1, 0.15) is 56.7 Å². The van der Waals surface area contributed by atoms with Gasteiger partial charge in [0, 0.05) is 24.2 Å². The second-order valence-electron chi connectivity index (χ2n) is 9.28. The molecule has 0 aliphatic rings. The number of amides is 1. The van der Waals surface area contributed by atoms with Crippen LogP contribution in [0.4, 0.5) is 42.5 Å². The molecule has 2 rings (SSSR count). The van der Waals surface area contributed by atoms with Crippen LogP contribution in [0, 0.1) is 6.92 Å². The molecule has 0 saturated heterocycles. The van der Waals surface area contributed by atoms with Gasteiger partial charge >= 0.3 is 17.1 Å². The molecule has 1 aromatic carbocycles. The number of alkyl halides is 6. The van der Waals surface area contributed by atoms with E-state index in [-0.39, 0.29) is 6.61 Å². The minimum absolute atomic E-state index is 0.273. The molecular weight excluding hydrogens is 658 g/mol. The fourth-order valence-electron chi connectivity index (χ4n) is 3.50. The quantitative estimate of drug-likeness (QED) is 0.0785. The highest BCUT2D eigenvalue weighted by Crippen LogP contribution is 2.36. The molecule has 1 aromatic heterocycles. The zero-order valence-electron chi connectivity index (χ0n) is 24.2. The molecule has 1 amide bonds. The lowest BCUT2D eigenvalue weighted by Gasteiger charge is -2.22. The van der Waals surface area contributed by atoms with Gasteiger partial charge in [-0.2, -0.15) is 35.9 Å². The predicted molar refractivity (Wildman–Crippen MR) is 151 cm³/mol. The lowest BCUT2D eigenvalue weighted by atomic mass is 10.1. The number of hydrogen-bond acceptors (Lipinski definition) is 8. The van der Waals surface area contributed by atoms with Gasteiger partial charge in [0.25, 0.3) is 0 Å². The summed E-state index contributed by atoms with van der Waals surface area (Å²) in [5.41, 5.74) is -9.32. The third-order valence-corrected chi connectivity index (χ3v) is 8.53. The Bertz CT molecular complexity index is 1480. The van der Waals surface area contributed by atoms with E-state index in [1.807, 2.05) is 25.3 Å². The summed E-state index contributed by atoms with van der Waals surface area (Å²) in [4.78, 5) is 26.2. The number of nitrogens with one attached hydrogen (secondary N) is 1. The summed E-state index contributed by atoms with van der Waals surface area (Å²) in [6.45, 7) is 4.94. The molecule has 0 spiro atoms. The first-order valence-corrected chi connectivity index (χ1v) is 16.2. The Morgan fingerprint density at radius 1 is 0.956 bits per heavy atom. The molecule has 0 fully saturated rings. The van der Waals surface area contributed by atoms with Gasteiger partial charge in [0.05, 0.1) is 5.69 Å². The molecule has 0 atom stereocenters. The molecule has 1 heterocycles. The van der Waals surface area contributed by atoms with Gasteiger partial charge in [0.15, 0.2) is 45.1 Å². The van der Waals surface area contributed by atoms with E-state index in [1.54, 1.807) is 18.2 Å². The molecule has 0 bridgehead atoms. The molecule has 11 nitrogen and oxygen atoms in total. The lowest BCUT2D eigenvalue weighted by Crippen LogP contribution is -2.40. The summed E-state index contributed by atoms with van der Waals surface area (Å²) >= 11 is 0. The number of benzene rings is 1. The predicted octanol–water partition coefficient (Wildman–Crippen LogP) is 6.46. The maximum absolute atomic E-state index is 12.1. The number of aliphatic imine (C=N–C) groups is 1. The van der Waals surface area contributed by atoms with Crippen LogP contribution in [0.5, 0.6) is 0 Å². The molecule has 19 heteroatoms. The van der Waals surface area contributed by atoms with Gasteiger partial charge in [-0.3, -0.25) is 5.32 Å². The van der Waals surface area contributed by atoms with Crippen molar-refractivity contribution in [3.05, 3.63) is 58.0 Å². The maximum Gasteiger partial charge on any atom is 0.480 e. The van der Waals surface area contributed by atoms with Crippen molar-refractivity contribution in [1.29, 1.82) is 0 Å². The number of pyridine rings is 1. The van der Waals surface area contributed by atoms with Crippen LogP contribution in [-0.2, 0) is 42.5 Å². The highest BCUT2D eigenvalue weighted by Gasteiger charge is 2.46. The topological polar surface area (TPSA) is 154 Å². The van der Waals surface area contributed by atoms with Gasteiger partial charge in [-0.05, 0) is 31.0 Å². The second-order valence-corrected chi connectivity index (χ2v) is 12.7. The first-order chi connectivity index (χ1) is 20.8. The van der Waals surface area contributed by atoms with Gasteiger partial charge < -0.3 is 8.86 Å². The minimum Gasteiger partial charge on any atom is -0.443 e. The lowest BCUT2D eigenvalue weighted by molar-refractivity contribution is -0.705. The molecular formula is C26H32F6N4O7S2. The van der Waals surface area contributed by atoms with Gasteiger partial charge in [-0.15, -0.1) is 0 Å². The number of hydrogen-bond donors (Lipinski definition) is 1. The highest BCUT2D eigenvalue weighted by molar-refractivity contribution is 8.13. The first-order valence-electron chi connectivity index (χ1n) is 13.3. The van der Waals surface area contributed by atoms with Crippen molar-refractivity contribution in [2.75, 3.05) is 11.9 Å². The number of rotatable bonds is 14. The maximum atomic E-state index is 12.1. The van der Waals surface area contributed by atoms with Crippen molar-refractivity contribution >= 4 is 43.6 Å². The fourth-order valence-corrected chi connectivity index (χ4v) is 5.21. The summed E-state index contributed by atoms with van der Waals surface area (Å²) in [6.07, 6.45) is 11.7. The van der Waals surface area contributed by atoms with Gasteiger partial charge in [0.1, 0.15) is 0 Å². The third-order valence-electron chi connectivity index (χ3n) is 5.79. The number of unbranched alkanes of at least 4 members (excludes halogenated alkanes) is 5. The monoisotopic (exact) mass is 690 g/mol. The number of isocyanates is 1. The van der Waals surface area contributed by atoms with E-state index in [4.69, 9.17) is 4.74 Å². The molecule has 252 valence electrons. The molecule has 1 N–H and O–H groups in total. The van der Waals surface area contributed by atoms with E-state index in [0.29, 0.717) is 17.9 Å². The molecule has 0 radical (unpaired) electrons. The summed E-state index contributed by atoms with van der Waals surface area (Å²) in [6, 6.07) is 11.3. The van der Waals surface area contributed by atoms with Crippen LogP contribution < -0.4 is 9.88 Å². The summed E-state index contributed by atoms with van der Waals surface area (Å²) in [7, 11) is -13.4. The number of carbonyl (C=O) groups excluding carboxylic acids is 2. The Morgan fingerprint density at radius 3 is 2.13 bits per heavy atom. The Morgan fingerprint density at radius 2 is 1.56 bits per heavy atom. The van der Waals surface area contributed by atoms with Gasteiger partial charge in [-0.25, -0.2) is 26.4 Å². The molecule has 0 unspecified atom stereocenters. The van der Waals surface area contributed by atoms with Gasteiger partial charge in [-0.1, -0.05) is 51.2 Å². The van der Waals surface area contributed by atoms with E-state index < -0.39 is 37.2 Å².